The van der Waals surface area contributed by atoms with Crippen LogP contribution in [0.5, 0.6) is 0 Å². The number of hydrogen-bond donors (Lipinski definition) is 3. The van der Waals surface area contributed by atoms with Gasteiger partial charge in [0.15, 0.2) is 0 Å². The third-order valence-corrected chi connectivity index (χ3v) is 4.41. The standard InChI is InChI=1S/C17H25N3O2/c18-11-12-6-8-14(9-7-12)17(22)20-15(10-16(19)21)13-4-2-1-3-5-13/h6-9,13,15H,1-5,10-11,18H2,(H2,19,21)(H,20,22). The molecule has 1 aliphatic rings. The highest BCUT2D eigenvalue weighted by atomic mass is 16.2. The van der Waals surface area contributed by atoms with Crippen LogP contribution in [0.4, 0.5) is 0 Å². The van der Waals surface area contributed by atoms with Crippen molar-refractivity contribution in [2.45, 2.75) is 51.1 Å². The zero-order valence-electron chi connectivity index (χ0n) is 12.9. The average Bonchev–Trinajstić information content (AvgIpc) is 2.54. The first kappa shape index (κ1) is 16.5. The summed E-state index contributed by atoms with van der Waals surface area (Å²) in [6.07, 6.45) is 5.84. The van der Waals surface area contributed by atoms with Gasteiger partial charge in [0.2, 0.25) is 5.91 Å². The molecule has 0 heterocycles. The molecule has 0 bridgehead atoms. The van der Waals surface area contributed by atoms with Gasteiger partial charge in [-0.05, 0) is 36.5 Å². The summed E-state index contributed by atoms with van der Waals surface area (Å²) in [5.41, 5.74) is 12.5. The van der Waals surface area contributed by atoms with Gasteiger partial charge in [-0.15, -0.1) is 0 Å². The zero-order chi connectivity index (χ0) is 15.9. The van der Waals surface area contributed by atoms with Gasteiger partial charge in [0.1, 0.15) is 0 Å². The Bertz CT molecular complexity index is 507. The van der Waals surface area contributed by atoms with E-state index in [4.69, 9.17) is 11.5 Å². The van der Waals surface area contributed by atoms with Gasteiger partial charge < -0.3 is 16.8 Å². The molecule has 1 aliphatic carbocycles. The summed E-state index contributed by atoms with van der Waals surface area (Å²) >= 11 is 0. The molecule has 0 radical (unpaired) electrons. The Morgan fingerprint density at radius 2 is 1.77 bits per heavy atom. The van der Waals surface area contributed by atoms with Crippen LogP contribution in [-0.2, 0) is 11.3 Å². The van der Waals surface area contributed by atoms with Crippen molar-refractivity contribution in [3.63, 3.8) is 0 Å². The summed E-state index contributed by atoms with van der Waals surface area (Å²) < 4.78 is 0. The quantitative estimate of drug-likeness (QED) is 0.746. The largest absolute Gasteiger partial charge is 0.370 e. The Kier molecular flexibility index (Phi) is 5.95. The van der Waals surface area contributed by atoms with Gasteiger partial charge in [0, 0.05) is 24.6 Å². The first-order chi connectivity index (χ1) is 10.6. The van der Waals surface area contributed by atoms with Gasteiger partial charge in [-0.2, -0.15) is 0 Å². The highest BCUT2D eigenvalue weighted by Gasteiger charge is 2.26. The second kappa shape index (κ2) is 7.94. The molecule has 1 atom stereocenters. The fourth-order valence-electron chi connectivity index (χ4n) is 3.13. The van der Waals surface area contributed by atoms with Crippen molar-refractivity contribution in [1.82, 2.24) is 5.32 Å². The van der Waals surface area contributed by atoms with Crippen molar-refractivity contribution in [3.05, 3.63) is 35.4 Å². The summed E-state index contributed by atoms with van der Waals surface area (Å²) in [5, 5.41) is 3.00. The molecule has 5 heteroatoms. The summed E-state index contributed by atoms with van der Waals surface area (Å²) in [5.74, 6) is -0.178. The molecule has 0 spiro atoms. The molecule has 1 aromatic carbocycles. The molecule has 120 valence electrons. The highest BCUT2D eigenvalue weighted by Crippen LogP contribution is 2.28. The summed E-state index contributed by atoms with van der Waals surface area (Å²) in [7, 11) is 0. The van der Waals surface area contributed by atoms with E-state index in [0.29, 0.717) is 18.0 Å². The van der Waals surface area contributed by atoms with Crippen LogP contribution in [0.2, 0.25) is 0 Å². The van der Waals surface area contributed by atoms with Crippen LogP contribution < -0.4 is 16.8 Å². The zero-order valence-corrected chi connectivity index (χ0v) is 12.9. The number of nitrogens with two attached hydrogens (primary N) is 2. The Hall–Kier alpha value is -1.88. The Labute approximate surface area is 131 Å². The fourth-order valence-corrected chi connectivity index (χ4v) is 3.13. The maximum absolute atomic E-state index is 12.4. The van der Waals surface area contributed by atoms with Crippen molar-refractivity contribution in [3.8, 4) is 0 Å². The smallest absolute Gasteiger partial charge is 0.251 e. The number of primary amides is 1. The third kappa shape index (κ3) is 4.56. The highest BCUT2D eigenvalue weighted by molar-refractivity contribution is 5.94. The summed E-state index contributed by atoms with van der Waals surface area (Å²) in [6.45, 7) is 0.453. The SMILES string of the molecule is NCc1ccc(C(=O)NC(CC(N)=O)C2CCCCC2)cc1. The average molecular weight is 303 g/mol. The number of benzene rings is 1. The molecule has 5 N–H and O–H groups in total. The van der Waals surface area contributed by atoms with E-state index in [1.165, 1.54) is 6.42 Å². The molecule has 22 heavy (non-hydrogen) atoms. The van der Waals surface area contributed by atoms with Gasteiger partial charge in [0.05, 0.1) is 0 Å². The van der Waals surface area contributed by atoms with E-state index in [0.717, 1.165) is 31.2 Å². The number of amides is 2. The van der Waals surface area contributed by atoms with E-state index in [1.807, 2.05) is 12.1 Å². The first-order valence-electron chi connectivity index (χ1n) is 7.98. The third-order valence-electron chi connectivity index (χ3n) is 4.41. The number of carbonyl (C=O) groups is 2. The molecular weight excluding hydrogens is 278 g/mol. The molecule has 2 amide bonds. The minimum Gasteiger partial charge on any atom is -0.370 e. The van der Waals surface area contributed by atoms with Gasteiger partial charge in [-0.25, -0.2) is 0 Å². The molecule has 5 nitrogen and oxygen atoms in total. The number of nitrogens with one attached hydrogen (secondary N) is 1. The summed E-state index contributed by atoms with van der Waals surface area (Å²) in [6, 6.07) is 7.05. The van der Waals surface area contributed by atoms with Crippen LogP contribution in [0.1, 0.15) is 54.4 Å². The van der Waals surface area contributed by atoms with Crippen LogP contribution in [0.15, 0.2) is 24.3 Å². The van der Waals surface area contributed by atoms with E-state index < -0.39 is 0 Å². The van der Waals surface area contributed by atoms with E-state index in [2.05, 4.69) is 5.32 Å². The number of hydrogen-bond acceptors (Lipinski definition) is 3. The molecule has 1 saturated carbocycles. The molecule has 1 unspecified atom stereocenters. The van der Waals surface area contributed by atoms with Crippen molar-refractivity contribution in [1.29, 1.82) is 0 Å². The van der Waals surface area contributed by atoms with Crippen LogP contribution >= 0.6 is 0 Å². The predicted molar refractivity (Wildman–Crippen MR) is 86.0 cm³/mol. The summed E-state index contributed by atoms with van der Waals surface area (Å²) in [4.78, 5) is 23.7. The number of carbonyl (C=O) groups excluding carboxylic acids is 2. The minimum absolute atomic E-state index is 0.152. The number of rotatable bonds is 6. The molecule has 0 saturated heterocycles. The van der Waals surface area contributed by atoms with Gasteiger partial charge in [0.25, 0.3) is 5.91 Å². The molecule has 1 aromatic rings. The molecule has 1 fully saturated rings. The van der Waals surface area contributed by atoms with Crippen molar-refractivity contribution in [2.75, 3.05) is 0 Å². The molecular formula is C17H25N3O2. The topological polar surface area (TPSA) is 98.2 Å². The second-order valence-corrected chi connectivity index (χ2v) is 6.05. The van der Waals surface area contributed by atoms with E-state index in [-0.39, 0.29) is 24.3 Å². The maximum Gasteiger partial charge on any atom is 0.251 e. The molecule has 2 rings (SSSR count). The van der Waals surface area contributed by atoms with E-state index >= 15 is 0 Å². The monoisotopic (exact) mass is 303 g/mol. The van der Waals surface area contributed by atoms with Crippen molar-refractivity contribution in [2.24, 2.45) is 17.4 Å². The maximum atomic E-state index is 12.4. The van der Waals surface area contributed by atoms with Gasteiger partial charge >= 0.3 is 0 Å². The Morgan fingerprint density at radius 1 is 1.14 bits per heavy atom. The molecule has 0 aliphatic heterocycles. The minimum atomic E-state index is -0.366. The van der Waals surface area contributed by atoms with Gasteiger partial charge in [-0.3, -0.25) is 9.59 Å². The van der Waals surface area contributed by atoms with Crippen LogP contribution in [0, 0.1) is 5.92 Å². The Balaban J connectivity index is 2.04. The lowest BCUT2D eigenvalue weighted by molar-refractivity contribution is -0.118. The normalized spacial score (nSPS) is 17.0. The lowest BCUT2D eigenvalue weighted by Gasteiger charge is -2.30. The van der Waals surface area contributed by atoms with Crippen LogP contribution in [0.3, 0.4) is 0 Å². The van der Waals surface area contributed by atoms with Gasteiger partial charge in [-0.1, -0.05) is 31.4 Å². The first-order valence-corrected chi connectivity index (χ1v) is 7.98. The van der Waals surface area contributed by atoms with Crippen molar-refractivity contribution < 1.29 is 9.59 Å². The van der Waals surface area contributed by atoms with E-state index in [1.54, 1.807) is 12.1 Å². The second-order valence-electron chi connectivity index (χ2n) is 6.05. The fraction of sp³-hybridized carbons (Fsp3) is 0.529. The lowest BCUT2D eigenvalue weighted by atomic mass is 9.82. The predicted octanol–water partition coefficient (Wildman–Crippen LogP) is 1.70. The van der Waals surface area contributed by atoms with Crippen molar-refractivity contribution >= 4 is 11.8 Å². The Morgan fingerprint density at radius 3 is 2.32 bits per heavy atom. The van der Waals surface area contributed by atoms with Crippen LogP contribution in [-0.4, -0.2) is 17.9 Å². The lowest BCUT2D eigenvalue weighted by Crippen LogP contribution is -2.43. The van der Waals surface area contributed by atoms with E-state index in [9.17, 15) is 9.59 Å². The molecule has 0 aromatic heterocycles. The van der Waals surface area contributed by atoms with Crippen LogP contribution in [0.25, 0.3) is 0 Å².